The first-order valence-corrected chi connectivity index (χ1v) is 6.98. The van der Waals surface area contributed by atoms with E-state index in [-0.39, 0.29) is 11.7 Å². The number of aromatic nitrogens is 1. The van der Waals surface area contributed by atoms with E-state index in [1.54, 1.807) is 12.1 Å². The molecule has 0 radical (unpaired) electrons. The molecule has 22 heavy (non-hydrogen) atoms. The van der Waals surface area contributed by atoms with Gasteiger partial charge in [-0.15, -0.1) is 0 Å². The van der Waals surface area contributed by atoms with Gasteiger partial charge in [0, 0.05) is 16.8 Å². The van der Waals surface area contributed by atoms with E-state index in [1.807, 2.05) is 38.1 Å². The van der Waals surface area contributed by atoms with Crippen LogP contribution in [0.4, 0.5) is 10.1 Å². The number of aryl methyl sites for hydroxylation is 2. The number of nitrogens with zero attached hydrogens (tertiary/aromatic N) is 1. The zero-order valence-corrected chi connectivity index (χ0v) is 12.4. The van der Waals surface area contributed by atoms with Gasteiger partial charge in [0.1, 0.15) is 5.82 Å². The lowest BCUT2D eigenvalue weighted by molar-refractivity contribution is 0.102. The van der Waals surface area contributed by atoms with Crippen LogP contribution in [0.2, 0.25) is 0 Å². The fourth-order valence-corrected chi connectivity index (χ4v) is 2.42. The van der Waals surface area contributed by atoms with Gasteiger partial charge in [0.05, 0.1) is 11.1 Å². The Morgan fingerprint density at radius 3 is 2.64 bits per heavy atom. The number of para-hydroxylation sites is 1. The molecule has 0 bridgehead atoms. The number of anilines is 1. The van der Waals surface area contributed by atoms with Gasteiger partial charge >= 0.3 is 0 Å². The van der Waals surface area contributed by atoms with Crippen LogP contribution in [0.15, 0.2) is 48.5 Å². The third-order valence-electron chi connectivity index (χ3n) is 3.54. The molecular weight excluding hydrogens is 279 g/mol. The summed E-state index contributed by atoms with van der Waals surface area (Å²) in [7, 11) is 0. The minimum atomic E-state index is -0.386. The molecule has 0 aliphatic heterocycles. The molecule has 3 aromatic rings. The van der Waals surface area contributed by atoms with E-state index in [4.69, 9.17) is 0 Å². The van der Waals surface area contributed by atoms with Crippen molar-refractivity contribution in [1.82, 2.24) is 4.98 Å². The predicted octanol–water partition coefficient (Wildman–Crippen LogP) is 4.24. The Morgan fingerprint density at radius 1 is 1.09 bits per heavy atom. The van der Waals surface area contributed by atoms with Crippen molar-refractivity contribution in [2.45, 2.75) is 13.8 Å². The molecular formula is C18H15FN2O. The van der Waals surface area contributed by atoms with Crippen molar-refractivity contribution in [3.8, 4) is 0 Å². The maximum absolute atomic E-state index is 13.5. The summed E-state index contributed by atoms with van der Waals surface area (Å²) in [5.74, 6) is -0.654. The number of fused-ring (bicyclic) bond motifs is 1. The largest absolute Gasteiger partial charge is 0.322 e. The molecule has 3 rings (SSSR count). The molecule has 1 heterocycles. The topological polar surface area (TPSA) is 42.0 Å². The van der Waals surface area contributed by atoms with E-state index in [9.17, 15) is 9.18 Å². The van der Waals surface area contributed by atoms with E-state index in [0.29, 0.717) is 22.2 Å². The first-order chi connectivity index (χ1) is 10.5. The number of carbonyl (C=O) groups is 1. The lowest BCUT2D eigenvalue weighted by atomic mass is 10.1. The van der Waals surface area contributed by atoms with Crippen LogP contribution >= 0.6 is 0 Å². The Balaban J connectivity index is 2.07. The number of hydrogen-bond donors (Lipinski definition) is 1. The molecule has 0 atom stereocenters. The number of halogens is 1. The summed E-state index contributed by atoms with van der Waals surface area (Å²) in [5.41, 5.74) is 3.46. The van der Waals surface area contributed by atoms with Crippen molar-refractivity contribution in [2.75, 3.05) is 5.32 Å². The SMILES string of the molecule is Cc1cc(C(=O)Nc2ccccc2C)c2cc(F)ccc2n1. The Morgan fingerprint density at radius 2 is 1.86 bits per heavy atom. The first kappa shape index (κ1) is 14.2. The third kappa shape index (κ3) is 2.68. The monoisotopic (exact) mass is 294 g/mol. The molecule has 0 aliphatic rings. The highest BCUT2D eigenvalue weighted by Crippen LogP contribution is 2.22. The molecule has 0 saturated heterocycles. The summed E-state index contributed by atoms with van der Waals surface area (Å²) in [6.45, 7) is 3.73. The van der Waals surface area contributed by atoms with Crippen LogP contribution < -0.4 is 5.32 Å². The summed E-state index contributed by atoms with van der Waals surface area (Å²) in [6.07, 6.45) is 0. The Labute approximate surface area is 127 Å². The zero-order valence-electron chi connectivity index (χ0n) is 12.4. The Bertz CT molecular complexity index is 874. The minimum absolute atomic E-state index is 0.268. The fraction of sp³-hybridized carbons (Fsp3) is 0.111. The summed E-state index contributed by atoms with van der Waals surface area (Å²) in [6, 6.07) is 13.5. The molecule has 3 nitrogen and oxygen atoms in total. The summed E-state index contributed by atoms with van der Waals surface area (Å²) < 4.78 is 13.5. The third-order valence-corrected chi connectivity index (χ3v) is 3.54. The molecule has 1 amide bonds. The predicted molar refractivity (Wildman–Crippen MR) is 85.6 cm³/mol. The van der Waals surface area contributed by atoms with E-state index >= 15 is 0 Å². The molecule has 0 spiro atoms. The second kappa shape index (κ2) is 5.56. The van der Waals surface area contributed by atoms with Crippen LogP contribution in [0.5, 0.6) is 0 Å². The number of rotatable bonds is 2. The van der Waals surface area contributed by atoms with Gasteiger partial charge in [-0.3, -0.25) is 9.78 Å². The zero-order chi connectivity index (χ0) is 15.7. The average Bonchev–Trinajstić information content (AvgIpc) is 2.49. The van der Waals surface area contributed by atoms with E-state index in [2.05, 4.69) is 10.3 Å². The average molecular weight is 294 g/mol. The summed E-state index contributed by atoms with van der Waals surface area (Å²) >= 11 is 0. The number of hydrogen-bond acceptors (Lipinski definition) is 2. The van der Waals surface area contributed by atoms with Crippen molar-refractivity contribution in [1.29, 1.82) is 0 Å². The van der Waals surface area contributed by atoms with Gasteiger partial charge in [0.15, 0.2) is 0 Å². The molecule has 110 valence electrons. The minimum Gasteiger partial charge on any atom is -0.322 e. The molecule has 0 fully saturated rings. The highest BCUT2D eigenvalue weighted by molar-refractivity contribution is 6.12. The number of nitrogens with one attached hydrogen (secondary N) is 1. The molecule has 1 aromatic heterocycles. The van der Waals surface area contributed by atoms with Gasteiger partial charge in [-0.2, -0.15) is 0 Å². The van der Waals surface area contributed by atoms with Crippen molar-refractivity contribution in [3.63, 3.8) is 0 Å². The van der Waals surface area contributed by atoms with E-state index in [0.717, 1.165) is 11.3 Å². The summed E-state index contributed by atoms with van der Waals surface area (Å²) in [5, 5.41) is 3.39. The van der Waals surface area contributed by atoms with Crippen LogP contribution in [0.1, 0.15) is 21.6 Å². The maximum atomic E-state index is 13.5. The summed E-state index contributed by atoms with van der Waals surface area (Å²) in [4.78, 5) is 16.9. The van der Waals surface area contributed by atoms with Gasteiger partial charge in [-0.1, -0.05) is 18.2 Å². The number of amides is 1. The Kier molecular flexibility index (Phi) is 3.59. The smallest absolute Gasteiger partial charge is 0.256 e. The molecule has 1 N–H and O–H groups in total. The maximum Gasteiger partial charge on any atom is 0.256 e. The van der Waals surface area contributed by atoms with Gasteiger partial charge in [-0.25, -0.2) is 4.39 Å². The van der Waals surface area contributed by atoms with Crippen LogP contribution in [-0.2, 0) is 0 Å². The van der Waals surface area contributed by atoms with Gasteiger partial charge in [-0.05, 0) is 49.7 Å². The molecule has 0 unspecified atom stereocenters. The molecule has 0 aliphatic carbocycles. The standard InChI is InChI=1S/C18H15FN2O/c1-11-5-3-4-6-16(11)21-18(22)15-9-12(2)20-17-8-7-13(19)10-14(15)17/h3-10H,1-2H3,(H,21,22). The van der Waals surface area contributed by atoms with Crippen molar-refractivity contribution in [3.05, 3.63) is 71.2 Å². The fourth-order valence-electron chi connectivity index (χ4n) is 2.42. The van der Waals surface area contributed by atoms with Crippen molar-refractivity contribution in [2.24, 2.45) is 0 Å². The first-order valence-electron chi connectivity index (χ1n) is 6.98. The molecule has 0 saturated carbocycles. The number of pyridine rings is 1. The molecule has 2 aromatic carbocycles. The number of carbonyl (C=O) groups excluding carboxylic acids is 1. The number of benzene rings is 2. The lowest BCUT2D eigenvalue weighted by Crippen LogP contribution is -2.14. The Hall–Kier alpha value is -2.75. The van der Waals surface area contributed by atoms with Crippen molar-refractivity contribution < 1.29 is 9.18 Å². The lowest BCUT2D eigenvalue weighted by Gasteiger charge is -2.11. The van der Waals surface area contributed by atoms with Crippen LogP contribution in [0.3, 0.4) is 0 Å². The highest BCUT2D eigenvalue weighted by atomic mass is 19.1. The van der Waals surface area contributed by atoms with Gasteiger partial charge in [0.25, 0.3) is 5.91 Å². The highest BCUT2D eigenvalue weighted by Gasteiger charge is 2.13. The van der Waals surface area contributed by atoms with Gasteiger partial charge in [0.2, 0.25) is 0 Å². The molecule has 4 heteroatoms. The quantitative estimate of drug-likeness (QED) is 0.768. The van der Waals surface area contributed by atoms with Crippen LogP contribution in [0, 0.1) is 19.7 Å². The normalized spacial score (nSPS) is 10.7. The van der Waals surface area contributed by atoms with Crippen LogP contribution in [0.25, 0.3) is 10.9 Å². The van der Waals surface area contributed by atoms with Crippen molar-refractivity contribution >= 4 is 22.5 Å². The second-order valence-corrected chi connectivity index (χ2v) is 5.24. The second-order valence-electron chi connectivity index (χ2n) is 5.24. The van der Waals surface area contributed by atoms with Crippen LogP contribution in [-0.4, -0.2) is 10.9 Å². The van der Waals surface area contributed by atoms with E-state index < -0.39 is 0 Å². The van der Waals surface area contributed by atoms with E-state index in [1.165, 1.54) is 12.1 Å². The van der Waals surface area contributed by atoms with Gasteiger partial charge < -0.3 is 5.32 Å².